The molecule has 2 nitrogen and oxygen atoms in total. The largest absolute Gasteiger partial charge is 0.494 e. The molecule has 1 aliphatic carbocycles. The van der Waals surface area contributed by atoms with Gasteiger partial charge in [-0.3, -0.25) is 0 Å². The third-order valence-corrected chi connectivity index (χ3v) is 3.95. The molecule has 2 rings (SSSR count). The highest BCUT2D eigenvalue weighted by molar-refractivity contribution is 5.36. The van der Waals surface area contributed by atoms with Crippen molar-refractivity contribution in [1.29, 1.82) is 0 Å². The minimum absolute atomic E-state index is 0.281. The predicted molar refractivity (Wildman–Crippen MR) is 71.0 cm³/mol. The van der Waals surface area contributed by atoms with E-state index in [0.717, 1.165) is 12.8 Å². The highest BCUT2D eigenvalue weighted by Gasteiger charge is 2.38. The van der Waals surface area contributed by atoms with Crippen LogP contribution in [0.3, 0.4) is 0 Å². The maximum atomic E-state index is 14.4. The summed E-state index contributed by atoms with van der Waals surface area (Å²) in [4.78, 5) is 0. The van der Waals surface area contributed by atoms with Crippen LogP contribution in [0.2, 0.25) is 0 Å². The fourth-order valence-corrected chi connectivity index (χ4v) is 3.45. The molecule has 2 atom stereocenters. The van der Waals surface area contributed by atoms with Crippen LogP contribution in [0.15, 0.2) is 18.2 Å². The number of halogens is 1. The second-order valence-electron chi connectivity index (χ2n) is 5.83. The van der Waals surface area contributed by atoms with Crippen LogP contribution in [0, 0.1) is 17.7 Å². The Morgan fingerprint density at radius 1 is 1.28 bits per heavy atom. The molecule has 18 heavy (non-hydrogen) atoms. The highest BCUT2D eigenvalue weighted by atomic mass is 19.1. The summed E-state index contributed by atoms with van der Waals surface area (Å²) in [5, 5.41) is 0. The molecule has 1 fully saturated rings. The Hall–Kier alpha value is -1.09. The SMILES string of the molecule is COc1cccc(C2(N)CC(C)CC(C)C2)c1F. The Morgan fingerprint density at radius 2 is 1.89 bits per heavy atom. The van der Waals surface area contributed by atoms with Gasteiger partial charge in [-0.1, -0.05) is 26.0 Å². The molecular weight excluding hydrogens is 229 g/mol. The van der Waals surface area contributed by atoms with Crippen LogP contribution in [0.4, 0.5) is 4.39 Å². The van der Waals surface area contributed by atoms with Crippen molar-refractivity contribution >= 4 is 0 Å². The first-order valence-electron chi connectivity index (χ1n) is 6.58. The zero-order valence-electron chi connectivity index (χ0n) is 11.4. The topological polar surface area (TPSA) is 35.2 Å². The molecule has 1 aromatic rings. The average molecular weight is 251 g/mol. The number of hydrogen-bond acceptors (Lipinski definition) is 2. The Labute approximate surface area is 108 Å². The summed E-state index contributed by atoms with van der Waals surface area (Å²) in [5.41, 5.74) is 6.53. The highest BCUT2D eigenvalue weighted by Crippen LogP contribution is 2.42. The lowest BCUT2D eigenvalue weighted by Crippen LogP contribution is -2.44. The molecule has 100 valence electrons. The first-order chi connectivity index (χ1) is 8.46. The fourth-order valence-electron chi connectivity index (χ4n) is 3.45. The Bertz CT molecular complexity index is 423. The normalized spacial score (nSPS) is 32.3. The molecule has 3 heteroatoms. The van der Waals surface area contributed by atoms with E-state index in [1.165, 1.54) is 13.5 Å². The summed E-state index contributed by atoms with van der Waals surface area (Å²) < 4.78 is 19.4. The van der Waals surface area contributed by atoms with Crippen molar-refractivity contribution in [2.45, 2.75) is 38.6 Å². The Kier molecular flexibility index (Phi) is 3.62. The van der Waals surface area contributed by atoms with Gasteiger partial charge in [0.2, 0.25) is 0 Å². The molecule has 0 heterocycles. The van der Waals surface area contributed by atoms with Gasteiger partial charge in [-0.25, -0.2) is 4.39 Å². The van der Waals surface area contributed by atoms with Crippen LogP contribution >= 0.6 is 0 Å². The minimum atomic E-state index is -0.560. The third-order valence-electron chi connectivity index (χ3n) is 3.95. The first kappa shape index (κ1) is 13.3. The molecular formula is C15H22FNO. The van der Waals surface area contributed by atoms with Crippen molar-refractivity contribution < 1.29 is 9.13 Å². The van der Waals surface area contributed by atoms with Gasteiger partial charge < -0.3 is 10.5 Å². The van der Waals surface area contributed by atoms with E-state index < -0.39 is 5.54 Å². The fraction of sp³-hybridized carbons (Fsp3) is 0.600. The molecule has 0 saturated heterocycles. The van der Waals surface area contributed by atoms with Crippen LogP contribution in [0.25, 0.3) is 0 Å². The van der Waals surface area contributed by atoms with Gasteiger partial charge in [-0.15, -0.1) is 0 Å². The summed E-state index contributed by atoms with van der Waals surface area (Å²) >= 11 is 0. The quantitative estimate of drug-likeness (QED) is 0.873. The van der Waals surface area contributed by atoms with E-state index in [0.29, 0.717) is 17.4 Å². The van der Waals surface area contributed by atoms with E-state index in [4.69, 9.17) is 10.5 Å². The lowest BCUT2D eigenvalue weighted by atomic mass is 9.69. The minimum Gasteiger partial charge on any atom is -0.494 e. The Morgan fingerprint density at radius 3 is 2.44 bits per heavy atom. The number of methoxy groups -OCH3 is 1. The molecule has 1 aromatic carbocycles. The van der Waals surface area contributed by atoms with Crippen LogP contribution in [0.5, 0.6) is 5.75 Å². The summed E-state index contributed by atoms with van der Waals surface area (Å²) in [6, 6.07) is 5.25. The molecule has 0 radical (unpaired) electrons. The zero-order valence-corrected chi connectivity index (χ0v) is 11.4. The van der Waals surface area contributed by atoms with Crippen LogP contribution in [-0.4, -0.2) is 7.11 Å². The van der Waals surface area contributed by atoms with Gasteiger partial charge in [0.1, 0.15) is 0 Å². The van der Waals surface area contributed by atoms with Crippen molar-refractivity contribution in [1.82, 2.24) is 0 Å². The number of nitrogens with two attached hydrogens (primary N) is 1. The maximum Gasteiger partial charge on any atom is 0.170 e. The van der Waals surface area contributed by atoms with E-state index in [-0.39, 0.29) is 11.6 Å². The van der Waals surface area contributed by atoms with E-state index in [2.05, 4.69) is 13.8 Å². The van der Waals surface area contributed by atoms with Gasteiger partial charge in [-0.05, 0) is 37.2 Å². The third kappa shape index (κ3) is 2.37. The van der Waals surface area contributed by atoms with Gasteiger partial charge in [-0.2, -0.15) is 0 Å². The van der Waals surface area contributed by atoms with Crippen LogP contribution in [-0.2, 0) is 5.54 Å². The van der Waals surface area contributed by atoms with Gasteiger partial charge in [0, 0.05) is 11.1 Å². The average Bonchev–Trinajstić information content (AvgIpc) is 2.27. The van der Waals surface area contributed by atoms with Crippen molar-refractivity contribution in [2.75, 3.05) is 7.11 Å². The molecule has 2 N–H and O–H groups in total. The van der Waals surface area contributed by atoms with Crippen LogP contribution in [0.1, 0.15) is 38.7 Å². The molecule has 1 saturated carbocycles. The number of benzene rings is 1. The first-order valence-corrected chi connectivity index (χ1v) is 6.58. The van der Waals surface area contributed by atoms with Gasteiger partial charge in [0.25, 0.3) is 0 Å². The second-order valence-corrected chi connectivity index (χ2v) is 5.83. The van der Waals surface area contributed by atoms with Gasteiger partial charge in [0.05, 0.1) is 7.11 Å². The second kappa shape index (κ2) is 4.88. The number of hydrogen-bond donors (Lipinski definition) is 1. The van der Waals surface area contributed by atoms with E-state index in [1.54, 1.807) is 12.1 Å². The van der Waals surface area contributed by atoms with Crippen molar-refractivity contribution in [3.05, 3.63) is 29.6 Å². The molecule has 0 aliphatic heterocycles. The summed E-state index contributed by atoms with van der Waals surface area (Å²) in [5.74, 6) is 1.04. The lowest BCUT2D eigenvalue weighted by molar-refractivity contribution is 0.178. The molecule has 0 spiro atoms. The lowest BCUT2D eigenvalue weighted by Gasteiger charge is -2.40. The zero-order chi connectivity index (χ0) is 13.3. The van der Waals surface area contributed by atoms with Crippen molar-refractivity contribution in [2.24, 2.45) is 17.6 Å². The summed E-state index contributed by atoms with van der Waals surface area (Å²) in [6.07, 6.45) is 2.84. The number of rotatable bonds is 2. The standard InChI is InChI=1S/C15H22FNO/c1-10-7-11(2)9-15(17,8-10)12-5-4-6-13(18-3)14(12)16/h4-6,10-11H,7-9,17H2,1-3H3. The van der Waals surface area contributed by atoms with Crippen molar-refractivity contribution in [3.8, 4) is 5.75 Å². The maximum absolute atomic E-state index is 14.4. The molecule has 2 unspecified atom stereocenters. The van der Waals surface area contributed by atoms with Gasteiger partial charge in [0.15, 0.2) is 11.6 Å². The molecule has 0 aromatic heterocycles. The number of ether oxygens (including phenoxy) is 1. The Balaban J connectivity index is 2.40. The predicted octanol–water partition coefficient (Wildman–Crippen LogP) is 3.44. The van der Waals surface area contributed by atoms with E-state index in [1.807, 2.05) is 6.07 Å². The summed E-state index contributed by atoms with van der Waals surface area (Å²) in [7, 11) is 1.48. The molecule has 1 aliphatic rings. The monoisotopic (exact) mass is 251 g/mol. The molecule has 0 amide bonds. The summed E-state index contributed by atoms with van der Waals surface area (Å²) in [6.45, 7) is 4.38. The van der Waals surface area contributed by atoms with E-state index in [9.17, 15) is 4.39 Å². The smallest absolute Gasteiger partial charge is 0.170 e. The van der Waals surface area contributed by atoms with E-state index >= 15 is 0 Å². The van der Waals surface area contributed by atoms with Crippen LogP contribution < -0.4 is 10.5 Å². The van der Waals surface area contributed by atoms with Crippen molar-refractivity contribution in [3.63, 3.8) is 0 Å². The van der Waals surface area contributed by atoms with Gasteiger partial charge >= 0.3 is 0 Å². The molecule has 0 bridgehead atoms.